The highest BCUT2D eigenvalue weighted by molar-refractivity contribution is 5.77. The molecule has 0 aliphatic carbocycles. The number of likely N-dealkylation sites (tertiary alicyclic amines) is 1. The van der Waals surface area contributed by atoms with E-state index in [1.165, 1.54) is 0 Å². The molecule has 18 heavy (non-hydrogen) atoms. The first-order valence-corrected chi connectivity index (χ1v) is 7.38. The van der Waals surface area contributed by atoms with Crippen LogP contribution in [0.3, 0.4) is 0 Å². The number of nitrogens with zero attached hydrogens (tertiary/aromatic N) is 1. The van der Waals surface area contributed by atoms with Gasteiger partial charge in [-0.1, -0.05) is 27.7 Å². The second kappa shape index (κ2) is 7.78. The van der Waals surface area contributed by atoms with Crippen molar-refractivity contribution in [2.24, 2.45) is 11.8 Å². The van der Waals surface area contributed by atoms with Gasteiger partial charge >= 0.3 is 0 Å². The van der Waals surface area contributed by atoms with Crippen molar-refractivity contribution >= 4 is 5.91 Å². The molecular weight excluding hydrogens is 226 g/mol. The minimum atomic E-state index is 0.171. The third-order valence-corrected chi connectivity index (χ3v) is 3.37. The maximum Gasteiger partial charge on any atom is 0.248 e. The standard InChI is InChI=1S/C15H29NO2/c1-12(2)9-14(10-13(3)4)18-11-15(17)16-7-5-6-8-16/h12-14H,5-11H2,1-4H3. The Morgan fingerprint density at radius 2 is 1.56 bits per heavy atom. The molecule has 0 radical (unpaired) electrons. The van der Waals surface area contributed by atoms with E-state index in [0.717, 1.165) is 38.8 Å². The highest BCUT2D eigenvalue weighted by Gasteiger charge is 2.20. The Morgan fingerprint density at radius 3 is 2.00 bits per heavy atom. The van der Waals surface area contributed by atoms with Crippen molar-refractivity contribution in [1.29, 1.82) is 0 Å². The average Bonchev–Trinajstić information content (AvgIpc) is 2.77. The van der Waals surface area contributed by atoms with E-state index < -0.39 is 0 Å². The molecule has 1 rings (SSSR count). The van der Waals surface area contributed by atoms with Gasteiger partial charge in [0.2, 0.25) is 5.91 Å². The highest BCUT2D eigenvalue weighted by atomic mass is 16.5. The van der Waals surface area contributed by atoms with Gasteiger partial charge in [-0.3, -0.25) is 4.79 Å². The van der Waals surface area contributed by atoms with Crippen molar-refractivity contribution < 1.29 is 9.53 Å². The Balaban J connectivity index is 2.32. The summed E-state index contributed by atoms with van der Waals surface area (Å²) < 4.78 is 5.85. The lowest BCUT2D eigenvalue weighted by atomic mass is 9.98. The van der Waals surface area contributed by atoms with Gasteiger partial charge in [-0.15, -0.1) is 0 Å². The second-order valence-corrected chi connectivity index (χ2v) is 6.28. The van der Waals surface area contributed by atoms with Gasteiger partial charge in [0.1, 0.15) is 6.61 Å². The van der Waals surface area contributed by atoms with Crippen molar-refractivity contribution in [3.8, 4) is 0 Å². The first-order chi connectivity index (χ1) is 8.49. The molecule has 0 aromatic rings. The van der Waals surface area contributed by atoms with Crippen LogP contribution in [0.1, 0.15) is 53.4 Å². The molecule has 0 bridgehead atoms. The fourth-order valence-corrected chi connectivity index (χ4v) is 2.53. The normalized spacial score (nSPS) is 16.3. The van der Waals surface area contributed by atoms with Crippen LogP contribution in [0.4, 0.5) is 0 Å². The second-order valence-electron chi connectivity index (χ2n) is 6.28. The zero-order valence-electron chi connectivity index (χ0n) is 12.4. The van der Waals surface area contributed by atoms with E-state index in [4.69, 9.17) is 4.74 Å². The number of rotatable bonds is 7. The smallest absolute Gasteiger partial charge is 0.248 e. The summed E-state index contributed by atoms with van der Waals surface area (Å²) in [7, 11) is 0. The molecule has 0 N–H and O–H groups in total. The summed E-state index contributed by atoms with van der Waals surface area (Å²) in [4.78, 5) is 13.9. The maximum absolute atomic E-state index is 11.9. The Bertz CT molecular complexity index is 235. The summed E-state index contributed by atoms with van der Waals surface area (Å²) in [6.07, 6.45) is 4.62. The number of carbonyl (C=O) groups is 1. The molecule has 1 aliphatic heterocycles. The van der Waals surface area contributed by atoms with Crippen LogP contribution in [0.25, 0.3) is 0 Å². The number of carbonyl (C=O) groups excluding carboxylic acids is 1. The predicted molar refractivity (Wildman–Crippen MR) is 74.5 cm³/mol. The molecule has 0 aromatic heterocycles. The number of hydrogen-bond donors (Lipinski definition) is 0. The quantitative estimate of drug-likeness (QED) is 0.699. The van der Waals surface area contributed by atoms with Gasteiger partial charge in [0.05, 0.1) is 6.10 Å². The maximum atomic E-state index is 11.9. The molecule has 3 nitrogen and oxygen atoms in total. The summed E-state index contributed by atoms with van der Waals surface area (Å²) >= 11 is 0. The van der Waals surface area contributed by atoms with E-state index in [9.17, 15) is 4.79 Å². The molecule has 106 valence electrons. The lowest BCUT2D eigenvalue weighted by Crippen LogP contribution is -2.33. The summed E-state index contributed by atoms with van der Waals surface area (Å²) in [5, 5.41) is 0. The van der Waals surface area contributed by atoms with Crippen molar-refractivity contribution in [3.05, 3.63) is 0 Å². The van der Waals surface area contributed by atoms with Crippen LogP contribution in [0.15, 0.2) is 0 Å². The molecule has 1 heterocycles. The molecule has 0 spiro atoms. The Kier molecular flexibility index (Phi) is 6.69. The van der Waals surface area contributed by atoms with Crippen molar-refractivity contribution in [1.82, 2.24) is 4.90 Å². The molecular formula is C15H29NO2. The van der Waals surface area contributed by atoms with E-state index in [1.54, 1.807) is 0 Å². The van der Waals surface area contributed by atoms with E-state index in [-0.39, 0.29) is 18.6 Å². The first-order valence-electron chi connectivity index (χ1n) is 7.38. The van der Waals surface area contributed by atoms with Gasteiger partial charge in [0, 0.05) is 13.1 Å². The van der Waals surface area contributed by atoms with Crippen LogP contribution >= 0.6 is 0 Å². The third-order valence-electron chi connectivity index (χ3n) is 3.37. The summed E-state index contributed by atoms with van der Waals surface area (Å²) in [6.45, 7) is 10.9. The molecule has 1 saturated heterocycles. The van der Waals surface area contributed by atoms with Crippen molar-refractivity contribution in [2.75, 3.05) is 19.7 Å². The van der Waals surface area contributed by atoms with Gasteiger partial charge in [0.25, 0.3) is 0 Å². The minimum Gasteiger partial charge on any atom is -0.368 e. The summed E-state index contributed by atoms with van der Waals surface area (Å²) in [5.41, 5.74) is 0. The molecule has 1 aliphatic rings. The van der Waals surface area contributed by atoms with E-state index in [0.29, 0.717) is 11.8 Å². The molecule has 0 atom stereocenters. The Hall–Kier alpha value is -0.570. The zero-order valence-corrected chi connectivity index (χ0v) is 12.4. The molecule has 0 aromatic carbocycles. The van der Waals surface area contributed by atoms with Crippen LogP contribution in [0.5, 0.6) is 0 Å². The van der Waals surface area contributed by atoms with Crippen LogP contribution in [0.2, 0.25) is 0 Å². The molecule has 1 fully saturated rings. The van der Waals surface area contributed by atoms with Crippen LogP contribution < -0.4 is 0 Å². The van der Waals surface area contributed by atoms with Crippen molar-refractivity contribution in [3.63, 3.8) is 0 Å². The van der Waals surface area contributed by atoms with Crippen LogP contribution in [-0.4, -0.2) is 36.6 Å². The first kappa shape index (κ1) is 15.5. The van der Waals surface area contributed by atoms with Crippen molar-refractivity contribution in [2.45, 2.75) is 59.5 Å². The topological polar surface area (TPSA) is 29.5 Å². The fraction of sp³-hybridized carbons (Fsp3) is 0.933. The Morgan fingerprint density at radius 1 is 1.06 bits per heavy atom. The lowest BCUT2D eigenvalue weighted by molar-refractivity contribution is -0.137. The van der Waals surface area contributed by atoms with E-state index in [2.05, 4.69) is 27.7 Å². The SMILES string of the molecule is CC(C)CC(CC(C)C)OCC(=O)N1CCCC1. The number of hydrogen-bond acceptors (Lipinski definition) is 2. The monoisotopic (exact) mass is 255 g/mol. The van der Waals surface area contributed by atoms with Crippen LogP contribution in [-0.2, 0) is 9.53 Å². The number of amides is 1. The average molecular weight is 255 g/mol. The molecule has 1 amide bonds. The van der Waals surface area contributed by atoms with E-state index in [1.807, 2.05) is 4.90 Å². The summed E-state index contributed by atoms with van der Waals surface area (Å²) in [6, 6.07) is 0. The largest absolute Gasteiger partial charge is 0.368 e. The number of ether oxygens (including phenoxy) is 1. The van der Waals surface area contributed by atoms with Gasteiger partial charge < -0.3 is 9.64 Å². The Labute approximate surface area is 112 Å². The molecule has 0 unspecified atom stereocenters. The molecule has 0 saturated carbocycles. The fourth-order valence-electron chi connectivity index (χ4n) is 2.53. The minimum absolute atomic E-state index is 0.171. The van der Waals surface area contributed by atoms with Gasteiger partial charge in [-0.2, -0.15) is 0 Å². The van der Waals surface area contributed by atoms with Gasteiger partial charge in [0.15, 0.2) is 0 Å². The van der Waals surface area contributed by atoms with E-state index >= 15 is 0 Å². The van der Waals surface area contributed by atoms with Gasteiger partial charge in [-0.25, -0.2) is 0 Å². The zero-order chi connectivity index (χ0) is 13.5. The predicted octanol–water partition coefficient (Wildman–Crippen LogP) is 3.09. The third kappa shape index (κ3) is 5.85. The van der Waals surface area contributed by atoms with Crippen LogP contribution in [0, 0.1) is 11.8 Å². The molecule has 3 heteroatoms. The lowest BCUT2D eigenvalue weighted by Gasteiger charge is -2.23. The summed E-state index contributed by atoms with van der Waals surface area (Å²) in [5.74, 6) is 1.41. The van der Waals surface area contributed by atoms with Gasteiger partial charge in [-0.05, 0) is 37.5 Å². The highest BCUT2D eigenvalue weighted by Crippen LogP contribution is 2.17.